The highest BCUT2D eigenvalue weighted by Crippen LogP contribution is 2.41. The molecule has 1 aliphatic rings. The maximum atomic E-state index is 12.9. The number of anilines is 1. The van der Waals surface area contributed by atoms with Crippen molar-refractivity contribution in [3.8, 4) is 5.75 Å². The molecule has 0 radical (unpaired) electrons. The highest BCUT2D eigenvalue weighted by atomic mass is 32.2. The molecule has 162 valence electrons. The number of thioether (sulfide) groups is 1. The smallest absolute Gasteiger partial charge is 0.270 e. The van der Waals surface area contributed by atoms with Crippen LogP contribution in [0.1, 0.15) is 54.7 Å². The normalized spacial score (nSPS) is 16.0. The Balaban J connectivity index is 1.61. The molecule has 1 aromatic heterocycles. The first kappa shape index (κ1) is 21.3. The quantitative estimate of drug-likeness (QED) is 0.552. The Morgan fingerprint density at radius 1 is 1.06 bits per heavy atom. The third kappa shape index (κ3) is 4.56. The molecule has 0 bridgehead atoms. The Morgan fingerprint density at radius 2 is 1.77 bits per heavy atom. The SMILES string of the molecule is CCC(CC)n1[nH]c(=O)c2c1NC(=O)CS[C@@H]2c1ccc(OCc2ccccc2)cc1. The van der Waals surface area contributed by atoms with Gasteiger partial charge in [0, 0.05) is 0 Å². The molecule has 0 unspecified atom stereocenters. The second-order valence-corrected chi connectivity index (χ2v) is 8.72. The first-order valence-electron chi connectivity index (χ1n) is 10.6. The van der Waals surface area contributed by atoms with E-state index < -0.39 is 0 Å². The molecule has 3 aromatic rings. The average molecular weight is 438 g/mol. The lowest BCUT2D eigenvalue weighted by Crippen LogP contribution is -2.19. The van der Waals surface area contributed by atoms with E-state index in [2.05, 4.69) is 24.3 Å². The Morgan fingerprint density at radius 3 is 2.45 bits per heavy atom. The van der Waals surface area contributed by atoms with Crippen LogP contribution in [0.5, 0.6) is 5.75 Å². The number of nitrogens with one attached hydrogen (secondary N) is 2. The summed E-state index contributed by atoms with van der Waals surface area (Å²) < 4.78 is 7.73. The minimum atomic E-state index is -0.225. The van der Waals surface area contributed by atoms with Crippen LogP contribution in [0.15, 0.2) is 59.4 Å². The van der Waals surface area contributed by atoms with Gasteiger partial charge in [0.15, 0.2) is 0 Å². The molecule has 1 atom stereocenters. The number of rotatable bonds is 7. The summed E-state index contributed by atoms with van der Waals surface area (Å²) in [6.45, 7) is 4.66. The van der Waals surface area contributed by atoms with Crippen molar-refractivity contribution >= 4 is 23.5 Å². The van der Waals surface area contributed by atoms with Crippen molar-refractivity contribution in [3.05, 3.63) is 81.6 Å². The van der Waals surface area contributed by atoms with Crippen molar-refractivity contribution in [3.63, 3.8) is 0 Å². The Labute approximate surface area is 186 Å². The van der Waals surface area contributed by atoms with Crippen LogP contribution in [-0.4, -0.2) is 21.4 Å². The number of carbonyl (C=O) groups excluding carboxylic acids is 1. The highest BCUT2D eigenvalue weighted by Gasteiger charge is 2.31. The minimum Gasteiger partial charge on any atom is -0.489 e. The van der Waals surface area contributed by atoms with Crippen LogP contribution < -0.4 is 15.6 Å². The van der Waals surface area contributed by atoms with Gasteiger partial charge in [0.2, 0.25) is 5.91 Å². The standard InChI is InChI=1S/C24H27N3O3S/c1-3-18(4-2)27-23-21(24(29)26-27)22(31-15-20(28)25-23)17-10-12-19(13-11-17)30-14-16-8-6-5-7-9-16/h5-13,18,22H,3-4,14-15H2,1-2H3,(H,25,28)(H,26,29)/t22-/m1/s1. The Bertz CT molecular complexity index is 1090. The number of nitrogens with zero attached hydrogens (tertiary/aromatic N) is 1. The molecule has 4 rings (SSSR count). The molecule has 0 saturated carbocycles. The summed E-state index contributed by atoms with van der Waals surface area (Å²) in [6.07, 6.45) is 1.74. The Hall–Kier alpha value is -2.93. The van der Waals surface area contributed by atoms with Crippen LogP contribution in [0.25, 0.3) is 0 Å². The zero-order valence-corrected chi connectivity index (χ0v) is 18.6. The number of benzene rings is 2. The molecule has 0 aliphatic carbocycles. The number of amides is 1. The van der Waals surface area contributed by atoms with Crippen molar-refractivity contribution in [2.45, 2.75) is 44.6 Å². The molecule has 1 aliphatic heterocycles. The maximum absolute atomic E-state index is 12.9. The van der Waals surface area contributed by atoms with Crippen molar-refractivity contribution in [2.24, 2.45) is 0 Å². The van der Waals surface area contributed by atoms with Gasteiger partial charge in [-0.25, -0.2) is 0 Å². The molecule has 7 heteroatoms. The zero-order chi connectivity index (χ0) is 21.8. The summed E-state index contributed by atoms with van der Waals surface area (Å²) in [5, 5.41) is 5.70. The second kappa shape index (κ2) is 9.47. The molecule has 0 saturated heterocycles. The van der Waals surface area contributed by atoms with Crippen molar-refractivity contribution < 1.29 is 9.53 Å². The minimum absolute atomic E-state index is 0.0877. The summed E-state index contributed by atoms with van der Waals surface area (Å²) in [5.74, 6) is 1.58. The lowest BCUT2D eigenvalue weighted by molar-refractivity contribution is -0.113. The monoisotopic (exact) mass is 437 g/mol. The van der Waals surface area contributed by atoms with Gasteiger partial charge in [0.05, 0.1) is 22.6 Å². The second-order valence-electron chi connectivity index (χ2n) is 7.63. The van der Waals surface area contributed by atoms with E-state index in [4.69, 9.17) is 4.74 Å². The van der Waals surface area contributed by atoms with E-state index in [1.54, 1.807) is 0 Å². The molecular formula is C24H27N3O3S. The van der Waals surface area contributed by atoms with E-state index in [9.17, 15) is 9.59 Å². The lowest BCUT2D eigenvalue weighted by Gasteiger charge is -2.18. The fourth-order valence-corrected chi connectivity index (χ4v) is 5.04. The number of aromatic nitrogens is 2. The summed E-state index contributed by atoms with van der Waals surface area (Å²) >= 11 is 1.47. The maximum Gasteiger partial charge on any atom is 0.270 e. The summed E-state index contributed by atoms with van der Waals surface area (Å²) in [4.78, 5) is 25.3. The van der Waals surface area contributed by atoms with Gasteiger partial charge >= 0.3 is 0 Å². The van der Waals surface area contributed by atoms with Gasteiger partial charge in [-0.3, -0.25) is 19.4 Å². The van der Waals surface area contributed by atoms with Gasteiger partial charge in [-0.2, -0.15) is 0 Å². The number of H-pyrrole nitrogens is 1. The molecule has 0 spiro atoms. The van der Waals surface area contributed by atoms with Gasteiger partial charge in [0.25, 0.3) is 5.56 Å². The van der Waals surface area contributed by atoms with Gasteiger partial charge in [0.1, 0.15) is 18.2 Å². The number of fused-ring (bicyclic) bond motifs is 1. The number of aromatic amines is 1. The van der Waals surface area contributed by atoms with Gasteiger partial charge in [-0.05, 0) is 36.1 Å². The van der Waals surface area contributed by atoms with Crippen LogP contribution in [0.2, 0.25) is 0 Å². The van der Waals surface area contributed by atoms with E-state index in [0.717, 1.165) is 29.7 Å². The van der Waals surface area contributed by atoms with E-state index in [-0.39, 0.29) is 22.8 Å². The predicted molar refractivity (Wildman–Crippen MR) is 125 cm³/mol. The molecule has 6 nitrogen and oxygen atoms in total. The summed E-state index contributed by atoms with van der Waals surface area (Å²) in [6, 6.07) is 17.9. The Kier molecular flexibility index (Phi) is 6.51. The van der Waals surface area contributed by atoms with E-state index in [1.165, 1.54) is 11.8 Å². The van der Waals surface area contributed by atoms with Gasteiger partial charge in [-0.1, -0.05) is 56.3 Å². The largest absolute Gasteiger partial charge is 0.489 e. The average Bonchev–Trinajstić information content (AvgIpc) is 2.99. The summed E-state index contributed by atoms with van der Waals surface area (Å²) in [7, 11) is 0. The fourth-order valence-electron chi connectivity index (χ4n) is 3.91. The summed E-state index contributed by atoms with van der Waals surface area (Å²) in [5.41, 5.74) is 2.55. The molecule has 31 heavy (non-hydrogen) atoms. The van der Waals surface area contributed by atoms with Crippen LogP contribution >= 0.6 is 11.8 Å². The third-order valence-electron chi connectivity index (χ3n) is 5.60. The highest BCUT2D eigenvalue weighted by molar-refractivity contribution is 8.00. The number of carbonyl (C=O) groups is 1. The van der Waals surface area contributed by atoms with Crippen molar-refractivity contribution in [1.82, 2.24) is 9.78 Å². The number of hydrogen-bond donors (Lipinski definition) is 2. The zero-order valence-electron chi connectivity index (χ0n) is 17.8. The molecule has 2 N–H and O–H groups in total. The number of ether oxygens (including phenoxy) is 1. The molecule has 2 aromatic carbocycles. The van der Waals surface area contributed by atoms with E-state index in [1.807, 2.05) is 59.3 Å². The van der Waals surface area contributed by atoms with Crippen molar-refractivity contribution in [1.29, 1.82) is 0 Å². The van der Waals surface area contributed by atoms with Crippen LogP contribution in [-0.2, 0) is 11.4 Å². The van der Waals surface area contributed by atoms with Crippen LogP contribution in [0.3, 0.4) is 0 Å². The predicted octanol–water partition coefficient (Wildman–Crippen LogP) is 4.89. The third-order valence-corrected chi connectivity index (χ3v) is 6.87. The van der Waals surface area contributed by atoms with Gasteiger partial charge < -0.3 is 10.1 Å². The first-order chi connectivity index (χ1) is 15.1. The fraction of sp³-hybridized carbons (Fsp3) is 0.333. The lowest BCUT2D eigenvalue weighted by atomic mass is 10.1. The first-order valence-corrected chi connectivity index (χ1v) is 11.7. The molecule has 1 amide bonds. The molecule has 2 heterocycles. The van der Waals surface area contributed by atoms with E-state index >= 15 is 0 Å². The van der Waals surface area contributed by atoms with Gasteiger partial charge in [-0.15, -0.1) is 11.8 Å². The van der Waals surface area contributed by atoms with Crippen molar-refractivity contribution in [2.75, 3.05) is 11.1 Å². The molecular weight excluding hydrogens is 410 g/mol. The number of hydrogen-bond acceptors (Lipinski definition) is 4. The van der Waals surface area contributed by atoms with E-state index in [0.29, 0.717) is 23.7 Å². The topological polar surface area (TPSA) is 76.1 Å². The van der Waals surface area contributed by atoms with Crippen LogP contribution in [0.4, 0.5) is 5.82 Å². The molecule has 0 fully saturated rings. The van der Waals surface area contributed by atoms with Crippen LogP contribution in [0, 0.1) is 0 Å².